The molecule has 0 unspecified atom stereocenters. The standard InChI is InChI=1S/C14H10Br4O/c15-6-8-3-10(17)1-2-12(8)14-9(7-16)4-11(18)5-13(14)19/h1-5,19H,6-7H2. The van der Waals surface area contributed by atoms with Crippen LogP contribution in [0.4, 0.5) is 0 Å². The number of alkyl halides is 2. The van der Waals surface area contributed by atoms with Gasteiger partial charge in [-0.3, -0.25) is 0 Å². The maximum atomic E-state index is 10.3. The summed E-state index contributed by atoms with van der Waals surface area (Å²) in [4.78, 5) is 0. The zero-order valence-corrected chi connectivity index (χ0v) is 16.1. The molecule has 0 heterocycles. The molecule has 0 saturated carbocycles. The van der Waals surface area contributed by atoms with E-state index in [1.54, 1.807) is 6.07 Å². The van der Waals surface area contributed by atoms with E-state index in [1.807, 2.05) is 18.2 Å². The van der Waals surface area contributed by atoms with Crippen LogP contribution < -0.4 is 0 Å². The lowest BCUT2D eigenvalue weighted by Gasteiger charge is -2.14. The van der Waals surface area contributed by atoms with Crippen molar-refractivity contribution in [2.45, 2.75) is 10.7 Å². The normalized spacial score (nSPS) is 10.7. The lowest BCUT2D eigenvalue weighted by atomic mass is 9.96. The van der Waals surface area contributed by atoms with Crippen LogP contribution in [0.2, 0.25) is 0 Å². The summed E-state index contributed by atoms with van der Waals surface area (Å²) in [6.07, 6.45) is 0. The molecule has 0 saturated heterocycles. The van der Waals surface area contributed by atoms with E-state index in [9.17, 15) is 5.11 Å². The summed E-state index contributed by atoms with van der Waals surface area (Å²) in [7, 11) is 0. The molecule has 1 N–H and O–H groups in total. The van der Waals surface area contributed by atoms with E-state index in [2.05, 4.69) is 69.8 Å². The molecule has 0 atom stereocenters. The molecule has 0 bridgehead atoms. The van der Waals surface area contributed by atoms with Gasteiger partial charge < -0.3 is 5.11 Å². The number of benzene rings is 2. The third kappa shape index (κ3) is 3.43. The molecule has 0 spiro atoms. The predicted octanol–water partition coefficient (Wildman–Crippen LogP) is 6.37. The first kappa shape index (κ1) is 15.5. The number of phenolic OH excluding ortho intramolecular Hbond substituents is 1. The van der Waals surface area contributed by atoms with Gasteiger partial charge in [0.05, 0.1) is 0 Å². The topological polar surface area (TPSA) is 20.2 Å². The average Bonchev–Trinajstić information content (AvgIpc) is 2.38. The molecule has 0 fully saturated rings. The highest BCUT2D eigenvalue weighted by Gasteiger charge is 2.14. The van der Waals surface area contributed by atoms with Crippen molar-refractivity contribution in [1.29, 1.82) is 0 Å². The predicted molar refractivity (Wildman–Crippen MR) is 94.2 cm³/mol. The van der Waals surface area contributed by atoms with Crippen LogP contribution in [0.5, 0.6) is 5.75 Å². The molecule has 100 valence electrons. The summed E-state index contributed by atoms with van der Waals surface area (Å²) in [5.41, 5.74) is 4.10. The Bertz CT molecular complexity index is 611. The van der Waals surface area contributed by atoms with Gasteiger partial charge in [0.1, 0.15) is 5.75 Å². The Morgan fingerprint density at radius 2 is 1.47 bits per heavy atom. The molecule has 0 aliphatic carbocycles. The first-order valence-electron chi connectivity index (χ1n) is 5.49. The van der Waals surface area contributed by atoms with Crippen LogP contribution in [0.25, 0.3) is 11.1 Å². The van der Waals surface area contributed by atoms with Crippen LogP contribution in [0.1, 0.15) is 11.1 Å². The van der Waals surface area contributed by atoms with E-state index >= 15 is 0 Å². The molecule has 19 heavy (non-hydrogen) atoms. The first-order chi connectivity index (χ1) is 9.06. The zero-order valence-electron chi connectivity index (χ0n) is 9.76. The van der Waals surface area contributed by atoms with E-state index in [1.165, 1.54) is 0 Å². The van der Waals surface area contributed by atoms with Crippen LogP contribution in [0.15, 0.2) is 39.3 Å². The van der Waals surface area contributed by atoms with E-state index in [4.69, 9.17) is 0 Å². The van der Waals surface area contributed by atoms with Crippen molar-refractivity contribution in [3.8, 4) is 16.9 Å². The molecule has 5 heteroatoms. The highest BCUT2D eigenvalue weighted by atomic mass is 79.9. The lowest BCUT2D eigenvalue weighted by molar-refractivity contribution is 0.476. The Hall–Kier alpha value is 0.160. The molecule has 1 nitrogen and oxygen atoms in total. The fourth-order valence-corrected chi connectivity index (χ4v) is 3.79. The van der Waals surface area contributed by atoms with Gasteiger partial charge in [0.2, 0.25) is 0 Å². The lowest BCUT2D eigenvalue weighted by Crippen LogP contribution is -1.92. The quantitative estimate of drug-likeness (QED) is 0.473. The molecular formula is C14H10Br4O. The molecular weight excluding hydrogens is 504 g/mol. The highest BCUT2D eigenvalue weighted by molar-refractivity contribution is 9.11. The summed E-state index contributed by atoms with van der Waals surface area (Å²) >= 11 is 13.9. The van der Waals surface area contributed by atoms with Crippen LogP contribution in [-0.4, -0.2) is 5.11 Å². The fourth-order valence-electron chi connectivity index (χ4n) is 1.98. The van der Waals surface area contributed by atoms with E-state index in [0.717, 1.165) is 36.5 Å². The molecule has 2 aromatic carbocycles. The molecule has 2 rings (SSSR count). The van der Waals surface area contributed by atoms with Crippen molar-refractivity contribution in [2.24, 2.45) is 0 Å². The Morgan fingerprint density at radius 3 is 2.11 bits per heavy atom. The van der Waals surface area contributed by atoms with Gasteiger partial charge in [0.25, 0.3) is 0 Å². The Balaban J connectivity index is 2.71. The van der Waals surface area contributed by atoms with Crippen LogP contribution in [0.3, 0.4) is 0 Å². The van der Waals surface area contributed by atoms with Gasteiger partial charge in [-0.05, 0) is 41.0 Å². The van der Waals surface area contributed by atoms with Crippen molar-refractivity contribution in [1.82, 2.24) is 0 Å². The minimum atomic E-state index is 0.286. The number of phenols is 1. The van der Waals surface area contributed by atoms with Crippen molar-refractivity contribution >= 4 is 63.7 Å². The Labute approximate surface area is 145 Å². The molecule has 0 radical (unpaired) electrons. The minimum Gasteiger partial charge on any atom is -0.507 e. The average molecular weight is 514 g/mol. The van der Waals surface area contributed by atoms with Crippen LogP contribution >= 0.6 is 63.7 Å². The van der Waals surface area contributed by atoms with Crippen molar-refractivity contribution in [2.75, 3.05) is 0 Å². The molecule has 0 aliphatic rings. The second-order valence-electron chi connectivity index (χ2n) is 4.03. The third-order valence-corrected chi connectivity index (χ3v) is 4.95. The SMILES string of the molecule is Oc1cc(Br)cc(CBr)c1-c1ccc(Br)cc1CBr. The van der Waals surface area contributed by atoms with Crippen LogP contribution in [-0.2, 0) is 10.7 Å². The zero-order chi connectivity index (χ0) is 14.0. The molecule has 2 aromatic rings. The smallest absolute Gasteiger partial charge is 0.124 e. The Kier molecular flexibility index (Phi) is 5.52. The maximum absolute atomic E-state index is 10.3. The van der Waals surface area contributed by atoms with Crippen molar-refractivity contribution in [3.63, 3.8) is 0 Å². The van der Waals surface area contributed by atoms with Crippen LogP contribution in [0, 0.1) is 0 Å². The van der Waals surface area contributed by atoms with Crippen molar-refractivity contribution < 1.29 is 5.11 Å². The molecule has 0 aromatic heterocycles. The monoisotopic (exact) mass is 510 g/mol. The van der Waals surface area contributed by atoms with Gasteiger partial charge in [-0.15, -0.1) is 0 Å². The van der Waals surface area contributed by atoms with Gasteiger partial charge in [-0.1, -0.05) is 69.8 Å². The summed E-state index contributed by atoms with van der Waals surface area (Å²) in [6, 6.07) is 9.81. The van der Waals surface area contributed by atoms with Gasteiger partial charge >= 0.3 is 0 Å². The number of aromatic hydroxyl groups is 1. The van der Waals surface area contributed by atoms with Gasteiger partial charge in [0.15, 0.2) is 0 Å². The van der Waals surface area contributed by atoms with E-state index in [-0.39, 0.29) is 5.75 Å². The van der Waals surface area contributed by atoms with Crippen molar-refractivity contribution in [3.05, 3.63) is 50.4 Å². The Morgan fingerprint density at radius 1 is 0.842 bits per heavy atom. The largest absolute Gasteiger partial charge is 0.507 e. The maximum Gasteiger partial charge on any atom is 0.124 e. The van der Waals surface area contributed by atoms with E-state index in [0.29, 0.717) is 5.33 Å². The first-order valence-corrected chi connectivity index (χ1v) is 9.31. The number of hydrogen-bond acceptors (Lipinski definition) is 1. The number of rotatable bonds is 3. The van der Waals surface area contributed by atoms with Gasteiger partial charge in [0, 0.05) is 25.2 Å². The second-order valence-corrected chi connectivity index (χ2v) is 6.98. The summed E-state index contributed by atoms with van der Waals surface area (Å²) < 4.78 is 1.91. The third-order valence-electron chi connectivity index (χ3n) is 2.79. The highest BCUT2D eigenvalue weighted by Crippen LogP contribution is 2.39. The minimum absolute atomic E-state index is 0.286. The molecule has 0 amide bonds. The van der Waals surface area contributed by atoms with Gasteiger partial charge in [-0.2, -0.15) is 0 Å². The molecule has 0 aliphatic heterocycles. The summed E-state index contributed by atoms with van der Waals surface area (Å²) in [5.74, 6) is 0.286. The summed E-state index contributed by atoms with van der Waals surface area (Å²) in [5, 5.41) is 11.7. The van der Waals surface area contributed by atoms with Gasteiger partial charge in [-0.25, -0.2) is 0 Å². The fraction of sp³-hybridized carbons (Fsp3) is 0.143. The number of halogens is 4. The summed E-state index contributed by atoms with van der Waals surface area (Å²) in [6.45, 7) is 0. The number of hydrogen-bond donors (Lipinski definition) is 1. The van der Waals surface area contributed by atoms with E-state index < -0.39 is 0 Å². The second kappa shape index (κ2) is 6.74.